The largest absolute Gasteiger partial charge is 0.272 e. The monoisotopic (exact) mass is 253 g/mol. The number of aryl methyl sites for hydroxylation is 1. The number of nitrogens with zero attached hydrogens (tertiary/aromatic N) is 3. The summed E-state index contributed by atoms with van der Waals surface area (Å²) in [6.45, 7) is 7.38. The molecular formula is C16H19N3. The van der Waals surface area contributed by atoms with Crippen LogP contribution in [0.5, 0.6) is 0 Å². The summed E-state index contributed by atoms with van der Waals surface area (Å²) in [5.74, 6) is 0.590. The Labute approximate surface area is 114 Å². The quantitative estimate of drug-likeness (QED) is 0.835. The van der Waals surface area contributed by atoms with E-state index in [9.17, 15) is 0 Å². The number of rotatable bonds is 4. The SMILES string of the molecule is Cc1cc(CC#N)ccc1-c1cnn(CC(C)C)c1. The Morgan fingerprint density at radius 3 is 2.79 bits per heavy atom. The zero-order valence-electron chi connectivity index (χ0n) is 11.7. The Hall–Kier alpha value is -2.08. The Morgan fingerprint density at radius 2 is 2.16 bits per heavy atom. The highest BCUT2D eigenvalue weighted by Crippen LogP contribution is 2.24. The maximum Gasteiger partial charge on any atom is 0.0669 e. The first-order chi connectivity index (χ1) is 9.10. The van der Waals surface area contributed by atoms with Gasteiger partial charge in [0.15, 0.2) is 0 Å². The lowest BCUT2D eigenvalue weighted by Crippen LogP contribution is -2.03. The lowest BCUT2D eigenvalue weighted by molar-refractivity contribution is 0.483. The second-order valence-electron chi connectivity index (χ2n) is 5.33. The van der Waals surface area contributed by atoms with E-state index in [1.165, 1.54) is 11.1 Å². The molecule has 0 saturated carbocycles. The third kappa shape index (κ3) is 3.23. The van der Waals surface area contributed by atoms with Gasteiger partial charge >= 0.3 is 0 Å². The van der Waals surface area contributed by atoms with Gasteiger partial charge in [0, 0.05) is 18.3 Å². The zero-order valence-corrected chi connectivity index (χ0v) is 11.7. The molecule has 2 aromatic rings. The molecule has 0 aliphatic carbocycles. The molecule has 0 amide bonds. The van der Waals surface area contributed by atoms with E-state index < -0.39 is 0 Å². The van der Waals surface area contributed by atoms with Crippen molar-refractivity contribution in [1.29, 1.82) is 5.26 Å². The number of hydrogen-bond acceptors (Lipinski definition) is 2. The summed E-state index contributed by atoms with van der Waals surface area (Å²) in [6, 6.07) is 8.36. The van der Waals surface area contributed by atoms with Crippen molar-refractivity contribution < 1.29 is 0 Å². The molecule has 1 aromatic heterocycles. The van der Waals surface area contributed by atoms with Gasteiger partial charge in [-0.05, 0) is 29.5 Å². The average molecular weight is 253 g/mol. The lowest BCUT2D eigenvalue weighted by atomic mass is 10.00. The first-order valence-corrected chi connectivity index (χ1v) is 6.59. The Kier molecular flexibility index (Phi) is 4.01. The van der Waals surface area contributed by atoms with Crippen LogP contribution in [-0.2, 0) is 13.0 Å². The van der Waals surface area contributed by atoms with Gasteiger partial charge in [-0.1, -0.05) is 32.0 Å². The molecule has 0 unspecified atom stereocenters. The highest BCUT2D eigenvalue weighted by molar-refractivity contribution is 5.66. The molecule has 0 atom stereocenters. The second-order valence-corrected chi connectivity index (χ2v) is 5.33. The van der Waals surface area contributed by atoms with E-state index in [1.807, 2.05) is 16.9 Å². The molecule has 1 aromatic carbocycles. The summed E-state index contributed by atoms with van der Waals surface area (Å²) in [4.78, 5) is 0. The van der Waals surface area contributed by atoms with Gasteiger partial charge in [-0.3, -0.25) is 4.68 Å². The fourth-order valence-corrected chi connectivity index (χ4v) is 2.23. The minimum atomic E-state index is 0.466. The van der Waals surface area contributed by atoms with Crippen molar-refractivity contribution in [2.75, 3.05) is 0 Å². The van der Waals surface area contributed by atoms with Crippen molar-refractivity contribution in [1.82, 2.24) is 9.78 Å². The summed E-state index contributed by atoms with van der Waals surface area (Å²) in [5.41, 5.74) is 4.59. The van der Waals surface area contributed by atoms with Crippen LogP contribution in [0.4, 0.5) is 0 Å². The van der Waals surface area contributed by atoms with Crippen LogP contribution in [0, 0.1) is 24.2 Å². The van der Waals surface area contributed by atoms with Crippen LogP contribution >= 0.6 is 0 Å². The molecule has 98 valence electrons. The summed E-state index contributed by atoms with van der Waals surface area (Å²) in [5, 5.41) is 13.1. The molecule has 1 heterocycles. The molecule has 0 radical (unpaired) electrons. The number of benzene rings is 1. The lowest BCUT2D eigenvalue weighted by Gasteiger charge is -2.06. The third-order valence-electron chi connectivity index (χ3n) is 3.07. The Morgan fingerprint density at radius 1 is 1.37 bits per heavy atom. The van der Waals surface area contributed by atoms with E-state index in [0.717, 1.165) is 17.7 Å². The molecule has 0 N–H and O–H groups in total. The van der Waals surface area contributed by atoms with E-state index in [1.54, 1.807) is 0 Å². The van der Waals surface area contributed by atoms with Crippen molar-refractivity contribution in [3.63, 3.8) is 0 Å². The molecule has 0 aliphatic heterocycles. The minimum absolute atomic E-state index is 0.466. The summed E-state index contributed by atoms with van der Waals surface area (Å²) < 4.78 is 1.99. The topological polar surface area (TPSA) is 41.6 Å². The van der Waals surface area contributed by atoms with E-state index in [0.29, 0.717) is 12.3 Å². The summed E-state index contributed by atoms with van der Waals surface area (Å²) in [7, 11) is 0. The normalized spacial score (nSPS) is 10.7. The average Bonchev–Trinajstić information content (AvgIpc) is 2.77. The predicted molar refractivity (Wildman–Crippen MR) is 76.6 cm³/mol. The van der Waals surface area contributed by atoms with Gasteiger partial charge in [0.2, 0.25) is 0 Å². The molecule has 3 heteroatoms. The second kappa shape index (κ2) is 5.71. The van der Waals surface area contributed by atoms with Crippen LogP contribution in [0.3, 0.4) is 0 Å². The van der Waals surface area contributed by atoms with Crippen LogP contribution in [0.15, 0.2) is 30.6 Å². The predicted octanol–water partition coefficient (Wildman–Crippen LogP) is 3.58. The first kappa shape index (κ1) is 13.4. The zero-order chi connectivity index (χ0) is 13.8. The van der Waals surface area contributed by atoms with E-state index >= 15 is 0 Å². The van der Waals surface area contributed by atoms with Crippen LogP contribution in [0.1, 0.15) is 25.0 Å². The van der Waals surface area contributed by atoms with Crippen LogP contribution < -0.4 is 0 Å². The smallest absolute Gasteiger partial charge is 0.0669 e. The molecule has 0 fully saturated rings. The number of nitriles is 1. The highest BCUT2D eigenvalue weighted by Gasteiger charge is 2.06. The van der Waals surface area contributed by atoms with Crippen molar-refractivity contribution in [3.8, 4) is 17.2 Å². The maximum absolute atomic E-state index is 8.72. The third-order valence-corrected chi connectivity index (χ3v) is 3.07. The minimum Gasteiger partial charge on any atom is -0.272 e. The molecule has 0 aliphatic rings. The fraction of sp³-hybridized carbons (Fsp3) is 0.375. The van der Waals surface area contributed by atoms with Gasteiger partial charge in [-0.15, -0.1) is 0 Å². The molecule has 2 rings (SSSR count). The number of hydrogen-bond donors (Lipinski definition) is 0. The van der Waals surface area contributed by atoms with E-state index in [2.05, 4.69) is 50.3 Å². The van der Waals surface area contributed by atoms with Crippen molar-refractivity contribution in [3.05, 3.63) is 41.7 Å². The van der Waals surface area contributed by atoms with Gasteiger partial charge in [-0.25, -0.2) is 0 Å². The Bertz CT molecular complexity index is 603. The molecule has 3 nitrogen and oxygen atoms in total. The number of aromatic nitrogens is 2. The molecule has 19 heavy (non-hydrogen) atoms. The van der Waals surface area contributed by atoms with E-state index in [-0.39, 0.29) is 0 Å². The van der Waals surface area contributed by atoms with Gasteiger partial charge in [0.25, 0.3) is 0 Å². The summed E-state index contributed by atoms with van der Waals surface area (Å²) in [6.07, 6.45) is 4.47. The van der Waals surface area contributed by atoms with E-state index in [4.69, 9.17) is 5.26 Å². The maximum atomic E-state index is 8.72. The highest BCUT2D eigenvalue weighted by atomic mass is 15.3. The van der Waals surface area contributed by atoms with Crippen LogP contribution in [0.2, 0.25) is 0 Å². The van der Waals surface area contributed by atoms with Crippen LogP contribution in [-0.4, -0.2) is 9.78 Å². The standard InChI is InChI=1S/C16H19N3/c1-12(2)10-19-11-15(9-18-19)16-5-4-14(6-7-17)8-13(16)3/h4-5,8-9,11-12H,6,10H2,1-3H3. The Balaban J connectivity index is 2.27. The van der Waals surface area contributed by atoms with Crippen molar-refractivity contribution >= 4 is 0 Å². The fourth-order valence-electron chi connectivity index (χ4n) is 2.23. The summed E-state index contributed by atoms with van der Waals surface area (Å²) >= 11 is 0. The first-order valence-electron chi connectivity index (χ1n) is 6.59. The molecule has 0 bridgehead atoms. The van der Waals surface area contributed by atoms with Gasteiger partial charge in [0.05, 0.1) is 18.7 Å². The van der Waals surface area contributed by atoms with Crippen molar-refractivity contribution in [2.45, 2.75) is 33.7 Å². The van der Waals surface area contributed by atoms with Gasteiger partial charge in [-0.2, -0.15) is 10.4 Å². The van der Waals surface area contributed by atoms with Gasteiger partial charge < -0.3 is 0 Å². The molecule has 0 saturated heterocycles. The molecule has 0 spiro atoms. The molecular weight excluding hydrogens is 234 g/mol. The van der Waals surface area contributed by atoms with Crippen molar-refractivity contribution in [2.24, 2.45) is 5.92 Å². The van der Waals surface area contributed by atoms with Gasteiger partial charge in [0.1, 0.15) is 0 Å². The van der Waals surface area contributed by atoms with Crippen LogP contribution in [0.25, 0.3) is 11.1 Å².